The predicted molar refractivity (Wildman–Crippen MR) is 92.7 cm³/mol. The van der Waals surface area contributed by atoms with E-state index in [4.69, 9.17) is 4.42 Å². The number of hydrogen-bond donors (Lipinski definition) is 1. The minimum Gasteiger partial charge on any atom is -0.408 e. The molecule has 0 radical (unpaired) electrons. The first kappa shape index (κ1) is 16.1. The monoisotopic (exact) mass is 324 g/mol. The summed E-state index contributed by atoms with van der Waals surface area (Å²) in [5.74, 6) is -0.333. The Bertz CT molecular complexity index is 880. The first-order chi connectivity index (χ1) is 11.7. The third-order valence-corrected chi connectivity index (χ3v) is 4.06. The van der Waals surface area contributed by atoms with Crippen molar-refractivity contribution in [2.75, 3.05) is 6.54 Å². The van der Waals surface area contributed by atoms with Gasteiger partial charge < -0.3 is 9.32 Å². The van der Waals surface area contributed by atoms with Crippen LogP contribution in [0.25, 0.3) is 11.1 Å². The zero-order valence-electron chi connectivity index (χ0n) is 13.6. The van der Waals surface area contributed by atoms with Crippen LogP contribution < -0.4 is 5.76 Å². The number of aromatic amines is 1. The summed E-state index contributed by atoms with van der Waals surface area (Å²) < 4.78 is 4.98. The summed E-state index contributed by atoms with van der Waals surface area (Å²) in [6.45, 7) is 3.30. The number of aryl methyl sites for hydroxylation is 1. The quantitative estimate of drug-likeness (QED) is 0.757. The maximum absolute atomic E-state index is 12.5. The summed E-state index contributed by atoms with van der Waals surface area (Å²) in [5, 5.41) is 0. The van der Waals surface area contributed by atoms with Gasteiger partial charge in [0.1, 0.15) is 0 Å². The summed E-state index contributed by atoms with van der Waals surface area (Å²) in [6.07, 6.45) is 1.07. The number of aromatic nitrogens is 1. The fourth-order valence-corrected chi connectivity index (χ4v) is 2.74. The Labute approximate surface area is 139 Å². The molecule has 0 bridgehead atoms. The van der Waals surface area contributed by atoms with Gasteiger partial charge in [-0.15, -0.1) is 0 Å². The van der Waals surface area contributed by atoms with Crippen LogP contribution in [0.2, 0.25) is 0 Å². The van der Waals surface area contributed by atoms with Crippen molar-refractivity contribution in [3.05, 3.63) is 70.2 Å². The van der Waals surface area contributed by atoms with E-state index in [1.807, 2.05) is 54.3 Å². The Morgan fingerprint density at radius 3 is 2.67 bits per heavy atom. The predicted octanol–water partition coefficient (Wildman–Crippen LogP) is 3.10. The molecule has 1 heterocycles. The largest absolute Gasteiger partial charge is 0.417 e. The Morgan fingerprint density at radius 1 is 1.12 bits per heavy atom. The molecule has 0 fully saturated rings. The average Bonchev–Trinajstić information content (AvgIpc) is 2.97. The molecular formula is C19H20N2O3. The van der Waals surface area contributed by atoms with E-state index >= 15 is 0 Å². The third kappa shape index (κ3) is 3.74. The lowest BCUT2D eigenvalue weighted by Crippen LogP contribution is -2.30. The lowest BCUT2D eigenvalue weighted by molar-refractivity contribution is -0.131. The normalized spacial score (nSPS) is 10.9. The van der Waals surface area contributed by atoms with Crippen LogP contribution in [0.15, 0.2) is 57.7 Å². The fraction of sp³-hybridized carbons (Fsp3) is 0.263. The van der Waals surface area contributed by atoms with Gasteiger partial charge in [0, 0.05) is 19.5 Å². The van der Waals surface area contributed by atoms with Gasteiger partial charge in [0.25, 0.3) is 0 Å². The molecule has 124 valence electrons. The average molecular weight is 324 g/mol. The van der Waals surface area contributed by atoms with Crippen molar-refractivity contribution in [3.8, 4) is 0 Å². The van der Waals surface area contributed by atoms with Gasteiger partial charge >= 0.3 is 5.76 Å². The second kappa shape index (κ2) is 7.17. The Hall–Kier alpha value is -2.82. The summed E-state index contributed by atoms with van der Waals surface area (Å²) in [7, 11) is 0. The molecule has 1 amide bonds. The summed E-state index contributed by atoms with van der Waals surface area (Å²) in [6, 6.07) is 15.5. The lowest BCUT2D eigenvalue weighted by Gasteiger charge is -2.21. The van der Waals surface area contributed by atoms with E-state index in [0.29, 0.717) is 37.0 Å². The van der Waals surface area contributed by atoms with Gasteiger partial charge in [-0.2, -0.15) is 0 Å². The minimum absolute atomic E-state index is 0.127. The standard InChI is InChI=1S/C19H20N2O3/c1-2-21(13-15-6-4-3-5-7-15)18(22)11-9-14-8-10-17-16(12-14)20-19(23)24-17/h3-8,10,12H,2,9,11,13H2,1H3,(H,20,23). The minimum atomic E-state index is -0.460. The molecule has 2 aromatic carbocycles. The molecular weight excluding hydrogens is 304 g/mol. The number of rotatable bonds is 6. The van der Waals surface area contributed by atoms with Crippen molar-refractivity contribution in [1.29, 1.82) is 0 Å². The number of carbonyl (C=O) groups excluding carboxylic acids is 1. The molecule has 3 rings (SSSR count). The molecule has 0 saturated carbocycles. The van der Waals surface area contributed by atoms with Crippen molar-refractivity contribution in [3.63, 3.8) is 0 Å². The summed E-state index contributed by atoms with van der Waals surface area (Å²) in [5.41, 5.74) is 3.34. The van der Waals surface area contributed by atoms with E-state index in [1.54, 1.807) is 6.07 Å². The lowest BCUT2D eigenvalue weighted by atomic mass is 10.1. The second-order valence-corrected chi connectivity index (χ2v) is 5.74. The summed E-state index contributed by atoms with van der Waals surface area (Å²) >= 11 is 0. The van der Waals surface area contributed by atoms with Crippen LogP contribution in [0.3, 0.4) is 0 Å². The van der Waals surface area contributed by atoms with E-state index in [-0.39, 0.29) is 5.91 Å². The Kier molecular flexibility index (Phi) is 4.79. The highest BCUT2D eigenvalue weighted by atomic mass is 16.4. The van der Waals surface area contributed by atoms with Crippen molar-refractivity contribution in [1.82, 2.24) is 9.88 Å². The van der Waals surface area contributed by atoms with Gasteiger partial charge in [0.05, 0.1) is 5.52 Å². The van der Waals surface area contributed by atoms with Crippen LogP contribution >= 0.6 is 0 Å². The summed E-state index contributed by atoms with van der Waals surface area (Å²) in [4.78, 5) is 28.1. The molecule has 5 nitrogen and oxygen atoms in total. The first-order valence-corrected chi connectivity index (χ1v) is 8.09. The van der Waals surface area contributed by atoms with Crippen LogP contribution in [0.1, 0.15) is 24.5 Å². The second-order valence-electron chi connectivity index (χ2n) is 5.74. The number of oxazole rings is 1. The van der Waals surface area contributed by atoms with Gasteiger partial charge in [0.15, 0.2) is 5.58 Å². The maximum Gasteiger partial charge on any atom is 0.417 e. The van der Waals surface area contributed by atoms with Crippen LogP contribution in [0.5, 0.6) is 0 Å². The zero-order valence-corrected chi connectivity index (χ0v) is 13.6. The molecule has 1 aromatic heterocycles. The van der Waals surface area contributed by atoms with Crippen molar-refractivity contribution in [2.45, 2.75) is 26.3 Å². The molecule has 0 saturated heterocycles. The smallest absolute Gasteiger partial charge is 0.408 e. The highest BCUT2D eigenvalue weighted by molar-refractivity contribution is 5.77. The van der Waals surface area contributed by atoms with Gasteiger partial charge in [-0.3, -0.25) is 9.78 Å². The zero-order chi connectivity index (χ0) is 16.9. The van der Waals surface area contributed by atoms with Crippen molar-refractivity contribution >= 4 is 17.0 Å². The first-order valence-electron chi connectivity index (χ1n) is 8.09. The van der Waals surface area contributed by atoms with Gasteiger partial charge in [-0.1, -0.05) is 36.4 Å². The van der Waals surface area contributed by atoms with Gasteiger partial charge in [-0.25, -0.2) is 4.79 Å². The molecule has 24 heavy (non-hydrogen) atoms. The van der Waals surface area contributed by atoms with E-state index in [9.17, 15) is 9.59 Å². The van der Waals surface area contributed by atoms with Gasteiger partial charge in [0.2, 0.25) is 5.91 Å². The Balaban J connectivity index is 1.63. The number of benzene rings is 2. The van der Waals surface area contributed by atoms with Crippen LogP contribution in [0, 0.1) is 0 Å². The number of nitrogens with zero attached hydrogens (tertiary/aromatic N) is 1. The van der Waals surface area contributed by atoms with E-state index in [2.05, 4.69) is 4.98 Å². The molecule has 0 aliphatic rings. The highest BCUT2D eigenvalue weighted by Crippen LogP contribution is 2.14. The highest BCUT2D eigenvalue weighted by Gasteiger charge is 2.12. The van der Waals surface area contributed by atoms with Gasteiger partial charge in [-0.05, 0) is 36.6 Å². The number of fused-ring (bicyclic) bond motifs is 1. The fourth-order valence-electron chi connectivity index (χ4n) is 2.74. The topological polar surface area (TPSA) is 66.3 Å². The number of amides is 1. The third-order valence-electron chi connectivity index (χ3n) is 4.06. The van der Waals surface area contributed by atoms with E-state index < -0.39 is 5.76 Å². The molecule has 3 aromatic rings. The van der Waals surface area contributed by atoms with Crippen LogP contribution in [0.4, 0.5) is 0 Å². The van der Waals surface area contributed by atoms with Crippen molar-refractivity contribution in [2.24, 2.45) is 0 Å². The Morgan fingerprint density at radius 2 is 1.92 bits per heavy atom. The molecule has 5 heteroatoms. The maximum atomic E-state index is 12.5. The number of H-pyrrole nitrogens is 1. The van der Waals surface area contributed by atoms with E-state index in [1.165, 1.54) is 0 Å². The molecule has 0 spiro atoms. The molecule has 0 unspecified atom stereocenters. The van der Waals surface area contributed by atoms with E-state index in [0.717, 1.165) is 11.1 Å². The SMILES string of the molecule is CCN(Cc1ccccc1)C(=O)CCc1ccc2oc(=O)[nH]c2c1. The number of carbonyl (C=O) groups is 1. The van der Waals surface area contributed by atoms with Crippen LogP contribution in [-0.4, -0.2) is 22.3 Å². The van der Waals surface area contributed by atoms with Crippen molar-refractivity contribution < 1.29 is 9.21 Å². The number of hydrogen-bond acceptors (Lipinski definition) is 3. The molecule has 0 atom stereocenters. The van der Waals surface area contributed by atoms with Crippen LogP contribution in [-0.2, 0) is 17.8 Å². The number of nitrogens with one attached hydrogen (secondary N) is 1. The molecule has 0 aliphatic carbocycles. The molecule has 0 aliphatic heterocycles. The molecule has 1 N–H and O–H groups in total.